The van der Waals surface area contributed by atoms with Crippen molar-refractivity contribution in [3.63, 3.8) is 0 Å². The van der Waals surface area contributed by atoms with E-state index in [4.69, 9.17) is 21.1 Å². The number of carbonyl (C=O) groups excluding carboxylic acids is 2. The summed E-state index contributed by atoms with van der Waals surface area (Å²) in [7, 11) is 1.55. The van der Waals surface area contributed by atoms with Crippen molar-refractivity contribution in [2.45, 2.75) is 13.0 Å². The lowest BCUT2D eigenvalue weighted by atomic mass is 10.3. The highest BCUT2D eigenvalue weighted by Gasteiger charge is 2.20. The number of hydrogen-bond acceptors (Lipinski definition) is 5. The van der Waals surface area contributed by atoms with E-state index in [1.807, 2.05) is 0 Å². The second-order valence-corrected chi connectivity index (χ2v) is 5.06. The molecule has 0 spiro atoms. The Morgan fingerprint density at radius 3 is 2.52 bits per heavy atom. The summed E-state index contributed by atoms with van der Waals surface area (Å²) in [5, 5.41) is 3.01. The van der Waals surface area contributed by atoms with Gasteiger partial charge in [-0.05, 0) is 43.3 Å². The van der Waals surface area contributed by atoms with Gasteiger partial charge in [-0.1, -0.05) is 11.6 Å². The van der Waals surface area contributed by atoms with Crippen LogP contribution in [0.1, 0.15) is 17.4 Å². The first-order valence-electron chi connectivity index (χ1n) is 6.77. The molecular formula is C16H15ClN2O4. The predicted octanol–water partition coefficient (Wildman–Crippen LogP) is 2.93. The van der Waals surface area contributed by atoms with E-state index < -0.39 is 18.0 Å². The van der Waals surface area contributed by atoms with Gasteiger partial charge in [0.2, 0.25) is 0 Å². The van der Waals surface area contributed by atoms with Gasteiger partial charge in [0, 0.05) is 16.9 Å². The zero-order valence-electron chi connectivity index (χ0n) is 12.6. The smallest absolute Gasteiger partial charge is 0.357 e. The van der Waals surface area contributed by atoms with E-state index in [9.17, 15) is 9.59 Å². The minimum atomic E-state index is -0.981. The van der Waals surface area contributed by atoms with Crippen LogP contribution in [0.5, 0.6) is 5.75 Å². The van der Waals surface area contributed by atoms with Gasteiger partial charge in [-0.25, -0.2) is 9.78 Å². The average Bonchev–Trinajstić information content (AvgIpc) is 2.55. The van der Waals surface area contributed by atoms with Crippen LogP contribution in [0.25, 0.3) is 0 Å². The number of rotatable bonds is 5. The van der Waals surface area contributed by atoms with Gasteiger partial charge in [0.25, 0.3) is 5.91 Å². The first-order chi connectivity index (χ1) is 11.0. The molecule has 0 fully saturated rings. The van der Waals surface area contributed by atoms with Crippen LogP contribution in [-0.4, -0.2) is 30.1 Å². The van der Waals surface area contributed by atoms with Gasteiger partial charge in [0.05, 0.1) is 7.11 Å². The molecule has 6 nitrogen and oxygen atoms in total. The van der Waals surface area contributed by atoms with Crippen LogP contribution >= 0.6 is 11.6 Å². The summed E-state index contributed by atoms with van der Waals surface area (Å²) in [6.45, 7) is 1.47. The first kappa shape index (κ1) is 16.8. The topological polar surface area (TPSA) is 77.5 Å². The number of esters is 1. The van der Waals surface area contributed by atoms with Crippen LogP contribution < -0.4 is 10.1 Å². The molecular weight excluding hydrogens is 320 g/mol. The van der Waals surface area contributed by atoms with Crippen LogP contribution in [0.15, 0.2) is 42.6 Å². The highest BCUT2D eigenvalue weighted by atomic mass is 35.5. The molecule has 1 heterocycles. The van der Waals surface area contributed by atoms with E-state index in [1.165, 1.54) is 25.3 Å². The fraction of sp³-hybridized carbons (Fsp3) is 0.188. The third-order valence-corrected chi connectivity index (χ3v) is 3.18. The maximum Gasteiger partial charge on any atom is 0.357 e. The molecule has 0 saturated carbocycles. The molecule has 7 heteroatoms. The maximum absolute atomic E-state index is 12.0. The zero-order valence-corrected chi connectivity index (χ0v) is 13.3. The van der Waals surface area contributed by atoms with Gasteiger partial charge in [0.15, 0.2) is 6.10 Å². The Morgan fingerprint density at radius 1 is 1.22 bits per heavy atom. The van der Waals surface area contributed by atoms with E-state index >= 15 is 0 Å². The number of methoxy groups -OCH3 is 1. The third-order valence-electron chi connectivity index (χ3n) is 2.94. The zero-order chi connectivity index (χ0) is 16.8. The molecule has 0 bridgehead atoms. The Kier molecular flexibility index (Phi) is 5.54. The van der Waals surface area contributed by atoms with Crippen LogP contribution in [0.3, 0.4) is 0 Å². The Morgan fingerprint density at radius 2 is 1.91 bits per heavy atom. The molecule has 0 aliphatic carbocycles. The second kappa shape index (κ2) is 7.60. The molecule has 23 heavy (non-hydrogen) atoms. The van der Waals surface area contributed by atoms with Crippen molar-refractivity contribution in [3.05, 3.63) is 53.3 Å². The number of anilines is 1. The lowest BCUT2D eigenvalue weighted by molar-refractivity contribution is -0.123. The molecule has 0 aliphatic heterocycles. The van der Waals surface area contributed by atoms with Crippen LogP contribution in [0, 0.1) is 0 Å². The third kappa shape index (κ3) is 4.69. The standard InChI is InChI=1S/C16H15ClN2O4/c1-10(23-16(21)14-9-11(17)7-8-18-14)15(20)19-12-3-5-13(22-2)6-4-12/h3-10H,1-2H3,(H,19,20)/t10-/m1/s1. The van der Waals surface area contributed by atoms with Crippen molar-refractivity contribution in [1.82, 2.24) is 4.98 Å². The van der Waals surface area contributed by atoms with E-state index in [0.717, 1.165) is 0 Å². The number of benzene rings is 1. The highest BCUT2D eigenvalue weighted by Crippen LogP contribution is 2.16. The van der Waals surface area contributed by atoms with Gasteiger partial charge >= 0.3 is 5.97 Å². The summed E-state index contributed by atoms with van der Waals surface area (Å²) in [6.07, 6.45) is 0.409. The second-order valence-electron chi connectivity index (χ2n) is 4.62. The first-order valence-corrected chi connectivity index (χ1v) is 7.15. The molecule has 1 aromatic carbocycles. The molecule has 0 radical (unpaired) electrons. The number of pyridine rings is 1. The molecule has 120 valence electrons. The summed E-state index contributed by atoms with van der Waals surface area (Å²) in [4.78, 5) is 27.8. The van der Waals surface area contributed by atoms with Gasteiger partial charge < -0.3 is 14.8 Å². The molecule has 0 saturated heterocycles. The fourth-order valence-electron chi connectivity index (χ4n) is 1.71. The maximum atomic E-state index is 12.0. The van der Waals surface area contributed by atoms with Crippen LogP contribution in [-0.2, 0) is 9.53 Å². The van der Waals surface area contributed by atoms with E-state index in [2.05, 4.69) is 10.3 Å². The molecule has 2 rings (SSSR count). The van der Waals surface area contributed by atoms with Crippen molar-refractivity contribution in [2.24, 2.45) is 0 Å². The predicted molar refractivity (Wildman–Crippen MR) is 85.7 cm³/mol. The lowest BCUT2D eigenvalue weighted by Crippen LogP contribution is -2.30. The van der Waals surface area contributed by atoms with Crippen molar-refractivity contribution < 1.29 is 19.1 Å². The van der Waals surface area contributed by atoms with E-state index in [0.29, 0.717) is 16.5 Å². The molecule has 0 aliphatic rings. The minimum absolute atomic E-state index is 0.0431. The minimum Gasteiger partial charge on any atom is -0.497 e. The average molecular weight is 335 g/mol. The SMILES string of the molecule is COc1ccc(NC(=O)[C@@H](C)OC(=O)c2cc(Cl)ccn2)cc1. The van der Waals surface area contributed by atoms with Crippen molar-refractivity contribution >= 4 is 29.2 Å². The number of amides is 1. The number of nitrogens with zero attached hydrogens (tertiary/aromatic N) is 1. The summed E-state index contributed by atoms with van der Waals surface area (Å²) >= 11 is 5.78. The van der Waals surface area contributed by atoms with Gasteiger partial charge in [-0.15, -0.1) is 0 Å². The normalized spacial score (nSPS) is 11.4. The summed E-state index contributed by atoms with van der Waals surface area (Å²) in [5.74, 6) is -0.495. The van der Waals surface area contributed by atoms with E-state index in [-0.39, 0.29) is 5.69 Å². The summed E-state index contributed by atoms with van der Waals surface area (Å²) in [5.41, 5.74) is 0.612. The monoisotopic (exact) mass is 334 g/mol. The summed E-state index contributed by atoms with van der Waals surface area (Å²) in [6, 6.07) is 9.70. The van der Waals surface area contributed by atoms with Gasteiger partial charge in [-0.2, -0.15) is 0 Å². The quantitative estimate of drug-likeness (QED) is 0.851. The van der Waals surface area contributed by atoms with E-state index in [1.54, 1.807) is 31.4 Å². The number of hydrogen-bond donors (Lipinski definition) is 1. The van der Waals surface area contributed by atoms with Crippen molar-refractivity contribution in [3.8, 4) is 5.75 Å². The Balaban J connectivity index is 1.95. The highest BCUT2D eigenvalue weighted by molar-refractivity contribution is 6.30. The van der Waals surface area contributed by atoms with Gasteiger partial charge in [-0.3, -0.25) is 4.79 Å². The van der Waals surface area contributed by atoms with Gasteiger partial charge in [0.1, 0.15) is 11.4 Å². The Bertz CT molecular complexity index is 703. The molecule has 2 aromatic rings. The molecule has 1 N–H and O–H groups in total. The molecule has 1 atom stereocenters. The Hall–Kier alpha value is -2.60. The molecule has 0 unspecified atom stereocenters. The number of carbonyl (C=O) groups is 2. The fourth-order valence-corrected chi connectivity index (χ4v) is 1.87. The van der Waals surface area contributed by atoms with Crippen molar-refractivity contribution in [1.29, 1.82) is 0 Å². The molecule has 1 amide bonds. The molecule has 1 aromatic heterocycles. The van der Waals surface area contributed by atoms with Crippen LogP contribution in [0.4, 0.5) is 5.69 Å². The number of ether oxygens (including phenoxy) is 2. The lowest BCUT2D eigenvalue weighted by Gasteiger charge is -2.13. The Labute approximate surface area is 138 Å². The van der Waals surface area contributed by atoms with Crippen molar-refractivity contribution in [2.75, 3.05) is 12.4 Å². The summed E-state index contributed by atoms with van der Waals surface area (Å²) < 4.78 is 10.1. The number of aromatic nitrogens is 1. The number of nitrogens with one attached hydrogen (secondary N) is 1. The largest absolute Gasteiger partial charge is 0.497 e. The number of halogens is 1. The van der Waals surface area contributed by atoms with Crippen LogP contribution in [0.2, 0.25) is 5.02 Å².